The molecule has 2 heterocycles. The standard InChI is InChI=1S/C25H31N3O3/c1-19(29)28-12-11-20-7-5-6-10-22(20)23(28)17-25(30)26-18-24(21-8-3-2-4-9-21)27-13-15-31-16-14-27/h2-10,23-24H,11-18H2,1H3,(H,26,30). The van der Waals surface area contributed by atoms with E-state index in [1.165, 1.54) is 11.1 Å². The Balaban J connectivity index is 1.46. The Morgan fingerprint density at radius 1 is 1.03 bits per heavy atom. The van der Waals surface area contributed by atoms with E-state index in [1.807, 2.05) is 41.3 Å². The van der Waals surface area contributed by atoms with Gasteiger partial charge in [-0.3, -0.25) is 14.5 Å². The fraction of sp³-hybridized carbons (Fsp3) is 0.440. The predicted octanol–water partition coefficient (Wildman–Crippen LogP) is 2.71. The first kappa shape index (κ1) is 21.5. The third kappa shape index (κ3) is 5.14. The number of ether oxygens (including phenoxy) is 1. The molecule has 2 aliphatic heterocycles. The molecule has 2 aliphatic rings. The van der Waals surface area contributed by atoms with Crippen LogP contribution in [0.2, 0.25) is 0 Å². The van der Waals surface area contributed by atoms with E-state index in [2.05, 4.69) is 28.4 Å². The van der Waals surface area contributed by atoms with Gasteiger partial charge in [0.2, 0.25) is 11.8 Å². The second-order valence-corrected chi connectivity index (χ2v) is 8.26. The Bertz CT molecular complexity index is 896. The Labute approximate surface area is 184 Å². The van der Waals surface area contributed by atoms with E-state index >= 15 is 0 Å². The molecule has 6 nitrogen and oxygen atoms in total. The molecule has 1 saturated heterocycles. The van der Waals surface area contributed by atoms with E-state index in [9.17, 15) is 9.59 Å². The molecule has 4 rings (SSSR count). The summed E-state index contributed by atoms with van der Waals surface area (Å²) in [5.74, 6) is -0.00933. The fourth-order valence-corrected chi connectivity index (χ4v) is 4.73. The van der Waals surface area contributed by atoms with E-state index in [4.69, 9.17) is 4.74 Å². The third-order valence-corrected chi connectivity index (χ3v) is 6.36. The van der Waals surface area contributed by atoms with E-state index in [1.54, 1.807) is 6.92 Å². The molecule has 6 heteroatoms. The van der Waals surface area contributed by atoms with Gasteiger partial charge in [0, 0.05) is 33.1 Å². The smallest absolute Gasteiger partial charge is 0.222 e. The van der Waals surface area contributed by atoms with Crippen molar-refractivity contribution in [3.63, 3.8) is 0 Å². The number of rotatable bonds is 6. The zero-order valence-corrected chi connectivity index (χ0v) is 18.1. The normalized spacial score (nSPS) is 20.0. The number of amides is 2. The quantitative estimate of drug-likeness (QED) is 0.779. The molecule has 0 aliphatic carbocycles. The average Bonchev–Trinajstić information content (AvgIpc) is 2.80. The molecule has 31 heavy (non-hydrogen) atoms. The van der Waals surface area contributed by atoms with Gasteiger partial charge < -0.3 is 15.0 Å². The summed E-state index contributed by atoms with van der Waals surface area (Å²) in [5.41, 5.74) is 3.51. The number of benzene rings is 2. The van der Waals surface area contributed by atoms with Gasteiger partial charge in [-0.05, 0) is 23.1 Å². The first-order valence-electron chi connectivity index (χ1n) is 11.1. The second-order valence-electron chi connectivity index (χ2n) is 8.26. The highest BCUT2D eigenvalue weighted by atomic mass is 16.5. The molecular weight excluding hydrogens is 390 g/mol. The Morgan fingerprint density at radius 3 is 2.48 bits per heavy atom. The van der Waals surface area contributed by atoms with Crippen LogP contribution in [-0.4, -0.2) is 61.0 Å². The molecule has 164 valence electrons. The minimum absolute atomic E-state index is 0.0165. The summed E-state index contributed by atoms with van der Waals surface area (Å²) in [6.07, 6.45) is 1.11. The van der Waals surface area contributed by atoms with Crippen LogP contribution in [0.25, 0.3) is 0 Å². The molecule has 1 fully saturated rings. The minimum Gasteiger partial charge on any atom is -0.379 e. The van der Waals surface area contributed by atoms with Crippen molar-refractivity contribution in [3.05, 3.63) is 71.3 Å². The maximum atomic E-state index is 13.0. The molecule has 2 atom stereocenters. The Hall–Kier alpha value is -2.70. The zero-order valence-electron chi connectivity index (χ0n) is 18.1. The van der Waals surface area contributed by atoms with Crippen molar-refractivity contribution >= 4 is 11.8 Å². The molecule has 2 unspecified atom stereocenters. The van der Waals surface area contributed by atoms with Crippen molar-refractivity contribution in [2.75, 3.05) is 39.4 Å². The topological polar surface area (TPSA) is 61.9 Å². The Kier molecular flexibility index (Phi) is 6.99. The number of morpholine rings is 1. The molecule has 2 aromatic rings. The van der Waals surface area contributed by atoms with Crippen LogP contribution < -0.4 is 5.32 Å². The van der Waals surface area contributed by atoms with Crippen molar-refractivity contribution in [2.24, 2.45) is 0 Å². The van der Waals surface area contributed by atoms with Gasteiger partial charge in [0.25, 0.3) is 0 Å². The first-order valence-corrected chi connectivity index (χ1v) is 11.1. The van der Waals surface area contributed by atoms with Crippen molar-refractivity contribution < 1.29 is 14.3 Å². The fourth-order valence-electron chi connectivity index (χ4n) is 4.73. The first-order chi connectivity index (χ1) is 15.1. The summed E-state index contributed by atoms with van der Waals surface area (Å²) >= 11 is 0. The van der Waals surface area contributed by atoms with Crippen LogP contribution in [0.1, 0.15) is 42.1 Å². The number of hydrogen-bond acceptors (Lipinski definition) is 4. The lowest BCUT2D eigenvalue weighted by Crippen LogP contribution is -2.45. The van der Waals surface area contributed by atoms with Gasteiger partial charge in [-0.25, -0.2) is 0 Å². The number of carbonyl (C=O) groups is 2. The SMILES string of the molecule is CC(=O)N1CCc2ccccc2C1CC(=O)NCC(c1ccccc1)N1CCOCC1. The Morgan fingerprint density at radius 2 is 1.74 bits per heavy atom. The van der Waals surface area contributed by atoms with Gasteiger partial charge in [0.05, 0.1) is 31.7 Å². The van der Waals surface area contributed by atoms with Crippen LogP contribution in [0.4, 0.5) is 0 Å². The minimum atomic E-state index is -0.207. The lowest BCUT2D eigenvalue weighted by molar-refractivity contribution is -0.133. The summed E-state index contributed by atoms with van der Waals surface area (Å²) in [4.78, 5) is 29.5. The van der Waals surface area contributed by atoms with Gasteiger partial charge in [0.15, 0.2) is 0 Å². The highest BCUT2D eigenvalue weighted by Crippen LogP contribution is 2.32. The van der Waals surface area contributed by atoms with Crippen LogP contribution in [0.3, 0.4) is 0 Å². The third-order valence-electron chi connectivity index (χ3n) is 6.36. The maximum absolute atomic E-state index is 13.0. The number of hydrogen-bond donors (Lipinski definition) is 1. The highest BCUT2D eigenvalue weighted by Gasteiger charge is 2.31. The number of nitrogens with zero attached hydrogens (tertiary/aromatic N) is 2. The monoisotopic (exact) mass is 421 g/mol. The number of carbonyl (C=O) groups excluding carboxylic acids is 2. The summed E-state index contributed by atoms with van der Waals surface area (Å²) in [6.45, 7) is 5.91. The lowest BCUT2D eigenvalue weighted by atomic mass is 9.90. The highest BCUT2D eigenvalue weighted by molar-refractivity contribution is 5.79. The lowest BCUT2D eigenvalue weighted by Gasteiger charge is -2.37. The molecule has 0 radical (unpaired) electrons. The number of fused-ring (bicyclic) bond motifs is 1. The van der Waals surface area contributed by atoms with E-state index in [0.717, 1.165) is 25.1 Å². The van der Waals surface area contributed by atoms with Crippen LogP contribution in [0, 0.1) is 0 Å². The van der Waals surface area contributed by atoms with Gasteiger partial charge in [-0.1, -0.05) is 54.6 Å². The molecule has 0 spiro atoms. The van der Waals surface area contributed by atoms with Crippen molar-refractivity contribution in [2.45, 2.75) is 31.8 Å². The largest absolute Gasteiger partial charge is 0.379 e. The van der Waals surface area contributed by atoms with E-state index in [-0.39, 0.29) is 30.3 Å². The van der Waals surface area contributed by atoms with Crippen LogP contribution in [0.5, 0.6) is 0 Å². The molecule has 0 aromatic heterocycles. The summed E-state index contributed by atoms with van der Waals surface area (Å²) in [7, 11) is 0. The molecular formula is C25H31N3O3. The summed E-state index contributed by atoms with van der Waals surface area (Å²) in [5, 5.41) is 3.16. The van der Waals surface area contributed by atoms with Gasteiger partial charge in [0.1, 0.15) is 0 Å². The second kappa shape index (κ2) is 10.1. The van der Waals surface area contributed by atoms with Gasteiger partial charge in [-0.15, -0.1) is 0 Å². The van der Waals surface area contributed by atoms with Crippen LogP contribution >= 0.6 is 0 Å². The van der Waals surface area contributed by atoms with Crippen LogP contribution in [0.15, 0.2) is 54.6 Å². The predicted molar refractivity (Wildman–Crippen MR) is 119 cm³/mol. The number of nitrogens with one attached hydrogen (secondary N) is 1. The summed E-state index contributed by atoms with van der Waals surface area (Å²) in [6, 6.07) is 18.4. The molecule has 1 N–H and O–H groups in total. The molecule has 2 aromatic carbocycles. The maximum Gasteiger partial charge on any atom is 0.222 e. The van der Waals surface area contributed by atoms with Gasteiger partial charge >= 0.3 is 0 Å². The van der Waals surface area contributed by atoms with Crippen LogP contribution in [-0.2, 0) is 20.7 Å². The molecule has 0 saturated carbocycles. The zero-order chi connectivity index (χ0) is 21.6. The van der Waals surface area contributed by atoms with Gasteiger partial charge in [-0.2, -0.15) is 0 Å². The van der Waals surface area contributed by atoms with Crippen molar-refractivity contribution in [1.82, 2.24) is 15.1 Å². The van der Waals surface area contributed by atoms with E-state index in [0.29, 0.717) is 26.3 Å². The van der Waals surface area contributed by atoms with E-state index < -0.39 is 0 Å². The van der Waals surface area contributed by atoms with Crippen molar-refractivity contribution in [1.29, 1.82) is 0 Å². The average molecular weight is 422 g/mol. The molecule has 2 amide bonds. The summed E-state index contributed by atoms with van der Waals surface area (Å²) < 4.78 is 5.51. The van der Waals surface area contributed by atoms with Crippen molar-refractivity contribution in [3.8, 4) is 0 Å². The molecule has 0 bridgehead atoms.